The van der Waals surface area contributed by atoms with E-state index < -0.39 is 0 Å². The Bertz CT molecular complexity index is 389. The highest BCUT2D eigenvalue weighted by Crippen LogP contribution is 2.34. The Balaban J connectivity index is 2.12. The van der Waals surface area contributed by atoms with E-state index in [2.05, 4.69) is 37.4 Å². The fourth-order valence-corrected chi connectivity index (χ4v) is 2.94. The molecule has 1 aliphatic rings. The normalized spacial score (nSPS) is 23.1. The summed E-state index contributed by atoms with van der Waals surface area (Å²) in [5.74, 6) is 1.82. The van der Waals surface area contributed by atoms with Crippen LogP contribution in [-0.2, 0) is 0 Å². The van der Waals surface area contributed by atoms with Crippen LogP contribution in [0.2, 0.25) is 0 Å². The van der Waals surface area contributed by atoms with Crippen molar-refractivity contribution in [2.45, 2.75) is 52.5 Å². The van der Waals surface area contributed by atoms with E-state index in [9.17, 15) is 0 Å². The fraction of sp³-hybridized carbons (Fsp3) is 0.625. The van der Waals surface area contributed by atoms with Crippen LogP contribution in [0.1, 0.15) is 45.1 Å². The second-order valence-electron chi connectivity index (χ2n) is 5.28. The molecule has 1 saturated carbocycles. The number of rotatable bonds is 5. The number of aryl methyl sites for hydroxylation is 1. The van der Waals surface area contributed by atoms with Crippen LogP contribution in [0.5, 0.6) is 5.75 Å². The molecule has 0 spiro atoms. The Hall–Kier alpha value is -1.18. The van der Waals surface area contributed by atoms with E-state index in [0.29, 0.717) is 6.04 Å². The predicted molar refractivity (Wildman–Crippen MR) is 77.4 cm³/mol. The number of ether oxygens (including phenoxy) is 1. The first-order valence-electron chi connectivity index (χ1n) is 7.24. The van der Waals surface area contributed by atoms with Crippen LogP contribution >= 0.6 is 0 Å². The van der Waals surface area contributed by atoms with Gasteiger partial charge in [0.15, 0.2) is 0 Å². The van der Waals surface area contributed by atoms with Crippen molar-refractivity contribution in [3.63, 3.8) is 0 Å². The lowest BCUT2D eigenvalue weighted by Crippen LogP contribution is -2.23. The van der Waals surface area contributed by atoms with Gasteiger partial charge in [-0.2, -0.15) is 0 Å². The molecular weight excluding hydrogens is 222 g/mol. The zero-order valence-corrected chi connectivity index (χ0v) is 11.8. The molecule has 0 aliphatic heterocycles. The van der Waals surface area contributed by atoms with Gasteiger partial charge in [-0.15, -0.1) is 0 Å². The molecule has 1 aromatic carbocycles. The number of anilines is 1. The van der Waals surface area contributed by atoms with E-state index in [1.165, 1.54) is 31.2 Å². The summed E-state index contributed by atoms with van der Waals surface area (Å²) in [5, 5.41) is 3.70. The SMILES string of the molecule is CCOc1cc(C)ccc1NC1CCCC1CC. The first-order valence-corrected chi connectivity index (χ1v) is 7.24. The van der Waals surface area contributed by atoms with Gasteiger partial charge in [0, 0.05) is 6.04 Å². The van der Waals surface area contributed by atoms with Gasteiger partial charge in [0.1, 0.15) is 5.75 Å². The number of benzene rings is 1. The largest absolute Gasteiger partial charge is 0.492 e. The first kappa shape index (κ1) is 13.3. The Labute approximate surface area is 111 Å². The van der Waals surface area contributed by atoms with E-state index in [1.54, 1.807) is 0 Å². The Morgan fingerprint density at radius 1 is 1.28 bits per heavy atom. The molecular formula is C16H25NO. The molecule has 1 N–H and O–H groups in total. The van der Waals surface area contributed by atoms with Crippen LogP contribution in [0.15, 0.2) is 18.2 Å². The van der Waals surface area contributed by atoms with Crippen LogP contribution < -0.4 is 10.1 Å². The summed E-state index contributed by atoms with van der Waals surface area (Å²) in [5.41, 5.74) is 2.41. The van der Waals surface area contributed by atoms with Crippen molar-refractivity contribution < 1.29 is 4.74 Å². The second kappa shape index (κ2) is 6.12. The highest BCUT2D eigenvalue weighted by atomic mass is 16.5. The maximum Gasteiger partial charge on any atom is 0.142 e. The van der Waals surface area contributed by atoms with Crippen LogP contribution in [0.4, 0.5) is 5.69 Å². The third kappa shape index (κ3) is 2.98. The first-order chi connectivity index (χ1) is 8.74. The summed E-state index contributed by atoms with van der Waals surface area (Å²) in [4.78, 5) is 0. The summed E-state index contributed by atoms with van der Waals surface area (Å²) < 4.78 is 5.73. The lowest BCUT2D eigenvalue weighted by molar-refractivity contribution is 0.340. The van der Waals surface area contributed by atoms with Crippen LogP contribution in [0.25, 0.3) is 0 Å². The molecule has 2 heteroatoms. The monoisotopic (exact) mass is 247 g/mol. The van der Waals surface area contributed by atoms with Crippen molar-refractivity contribution >= 4 is 5.69 Å². The standard InChI is InChI=1S/C16H25NO/c1-4-13-7-6-8-14(13)17-15-10-9-12(3)11-16(15)18-5-2/h9-11,13-14,17H,4-8H2,1-3H3. The molecule has 0 saturated heterocycles. The molecule has 2 nitrogen and oxygen atoms in total. The molecule has 2 atom stereocenters. The maximum absolute atomic E-state index is 5.73. The van der Waals surface area contributed by atoms with Crippen LogP contribution in [-0.4, -0.2) is 12.6 Å². The van der Waals surface area contributed by atoms with Gasteiger partial charge in [-0.25, -0.2) is 0 Å². The van der Waals surface area contributed by atoms with Gasteiger partial charge < -0.3 is 10.1 Å². The molecule has 0 heterocycles. The van der Waals surface area contributed by atoms with E-state index in [1.807, 2.05) is 6.92 Å². The van der Waals surface area contributed by atoms with Crippen molar-refractivity contribution in [1.82, 2.24) is 0 Å². The van der Waals surface area contributed by atoms with Gasteiger partial charge in [0.05, 0.1) is 12.3 Å². The summed E-state index contributed by atoms with van der Waals surface area (Å²) >= 11 is 0. The highest BCUT2D eigenvalue weighted by molar-refractivity contribution is 5.58. The minimum absolute atomic E-state index is 0.622. The molecule has 100 valence electrons. The molecule has 1 fully saturated rings. The van der Waals surface area contributed by atoms with Crippen LogP contribution in [0.3, 0.4) is 0 Å². The second-order valence-corrected chi connectivity index (χ2v) is 5.28. The third-order valence-electron chi connectivity index (χ3n) is 3.96. The molecule has 0 amide bonds. The molecule has 0 aromatic heterocycles. The lowest BCUT2D eigenvalue weighted by atomic mass is 10.0. The lowest BCUT2D eigenvalue weighted by Gasteiger charge is -2.22. The molecule has 0 radical (unpaired) electrons. The van der Waals surface area contributed by atoms with Gasteiger partial charge in [0.25, 0.3) is 0 Å². The fourth-order valence-electron chi connectivity index (χ4n) is 2.94. The quantitative estimate of drug-likeness (QED) is 0.833. The molecule has 2 rings (SSSR count). The molecule has 0 bridgehead atoms. The molecule has 1 aliphatic carbocycles. The van der Waals surface area contributed by atoms with Crippen molar-refractivity contribution in [3.8, 4) is 5.75 Å². The Morgan fingerprint density at radius 3 is 2.83 bits per heavy atom. The minimum Gasteiger partial charge on any atom is -0.492 e. The Morgan fingerprint density at radius 2 is 2.11 bits per heavy atom. The average Bonchev–Trinajstić information content (AvgIpc) is 2.80. The summed E-state index contributed by atoms with van der Waals surface area (Å²) in [7, 11) is 0. The van der Waals surface area contributed by atoms with Gasteiger partial charge >= 0.3 is 0 Å². The summed E-state index contributed by atoms with van der Waals surface area (Å²) in [6.45, 7) is 7.16. The molecule has 1 aromatic rings. The molecule has 18 heavy (non-hydrogen) atoms. The topological polar surface area (TPSA) is 21.3 Å². The van der Waals surface area contributed by atoms with E-state index in [0.717, 1.165) is 24.0 Å². The van der Waals surface area contributed by atoms with Crippen molar-refractivity contribution in [2.75, 3.05) is 11.9 Å². The van der Waals surface area contributed by atoms with Crippen molar-refractivity contribution in [1.29, 1.82) is 0 Å². The van der Waals surface area contributed by atoms with Gasteiger partial charge in [0.2, 0.25) is 0 Å². The predicted octanol–water partition coefficient (Wildman–Crippen LogP) is 4.38. The van der Waals surface area contributed by atoms with Gasteiger partial charge in [-0.3, -0.25) is 0 Å². The van der Waals surface area contributed by atoms with E-state index in [-0.39, 0.29) is 0 Å². The van der Waals surface area contributed by atoms with Gasteiger partial charge in [-0.1, -0.05) is 25.8 Å². The smallest absolute Gasteiger partial charge is 0.142 e. The van der Waals surface area contributed by atoms with E-state index in [4.69, 9.17) is 4.74 Å². The zero-order valence-electron chi connectivity index (χ0n) is 11.8. The number of hydrogen-bond donors (Lipinski definition) is 1. The Kier molecular flexibility index (Phi) is 4.51. The van der Waals surface area contributed by atoms with Crippen LogP contribution in [0, 0.1) is 12.8 Å². The average molecular weight is 247 g/mol. The molecule has 2 unspecified atom stereocenters. The minimum atomic E-state index is 0.622. The summed E-state index contributed by atoms with van der Waals surface area (Å²) in [6.07, 6.45) is 5.28. The zero-order chi connectivity index (χ0) is 13.0. The van der Waals surface area contributed by atoms with Crippen molar-refractivity contribution in [3.05, 3.63) is 23.8 Å². The maximum atomic E-state index is 5.73. The van der Waals surface area contributed by atoms with Crippen molar-refractivity contribution in [2.24, 2.45) is 5.92 Å². The number of nitrogens with one attached hydrogen (secondary N) is 1. The summed E-state index contributed by atoms with van der Waals surface area (Å²) in [6, 6.07) is 7.06. The number of hydrogen-bond acceptors (Lipinski definition) is 2. The third-order valence-corrected chi connectivity index (χ3v) is 3.96. The van der Waals surface area contributed by atoms with Gasteiger partial charge in [-0.05, 0) is 50.3 Å². The highest BCUT2D eigenvalue weighted by Gasteiger charge is 2.26. The van der Waals surface area contributed by atoms with E-state index >= 15 is 0 Å².